The first-order chi connectivity index (χ1) is 22.5. The van der Waals surface area contributed by atoms with E-state index in [1.165, 1.54) is 29.5 Å². The highest BCUT2D eigenvalue weighted by Gasteiger charge is 2.15. The van der Waals surface area contributed by atoms with Crippen LogP contribution in [-0.2, 0) is 13.0 Å². The number of fused-ring (bicyclic) bond motifs is 1. The Morgan fingerprint density at radius 1 is 0.913 bits per heavy atom. The summed E-state index contributed by atoms with van der Waals surface area (Å²) in [5.74, 6) is 0.920. The van der Waals surface area contributed by atoms with Crippen LogP contribution in [0.2, 0.25) is 0 Å². The summed E-state index contributed by atoms with van der Waals surface area (Å²) in [7, 11) is 0. The molecule has 1 saturated heterocycles. The molecule has 234 valence electrons. The van der Waals surface area contributed by atoms with E-state index in [2.05, 4.69) is 74.9 Å². The van der Waals surface area contributed by atoms with Gasteiger partial charge in [0.15, 0.2) is 0 Å². The van der Waals surface area contributed by atoms with Gasteiger partial charge in [-0.3, -0.25) is 19.7 Å². The lowest BCUT2D eigenvalue weighted by Crippen LogP contribution is -2.25. The normalized spacial score (nSPS) is 14.0. The van der Waals surface area contributed by atoms with Crippen LogP contribution in [0.4, 0.5) is 0 Å². The Morgan fingerprint density at radius 2 is 1.67 bits per heavy atom. The van der Waals surface area contributed by atoms with Crippen LogP contribution in [0.15, 0.2) is 104 Å². The number of aromatic nitrogens is 4. The SMILES string of the molecule is CCN(C=CCc1cccc(C(=CCN2CCCC2)c2ccc(C)cc2)n1)C(=O)c1ccc(Cn2c(C)nc3cnccc32)cc1. The third-order valence-electron chi connectivity index (χ3n) is 8.69. The minimum atomic E-state index is -0.0196. The molecular formula is C39H42N6O. The Kier molecular flexibility index (Phi) is 9.79. The number of nitrogens with zero attached hydrogens (tertiary/aromatic N) is 6. The van der Waals surface area contributed by atoms with E-state index in [0.29, 0.717) is 25.1 Å². The summed E-state index contributed by atoms with van der Waals surface area (Å²) in [5, 5.41) is 0. The molecule has 0 spiro atoms. The summed E-state index contributed by atoms with van der Waals surface area (Å²) in [6.07, 6.45) is 13.0. The van der Waals surface area contributed by atoms with E-state index in [1.807, 2.05) is 56.5 Å². The maximum absolute atomic E-state index is 13.4. The monoisotopic (exact) mass is 610 g/mol. The molecule has 0 atom stereocenters. The molecule has 7 nitrogen and oxygen atoms in total. The smallest absolute Gasteiger partial charge is 0.257 e. The van der Waals surface area contributed by atoms with Crippen LogP contribution in [-0.4, -0.2) is 61.4 Å². The fourth-order valence-electron chi connectivity index (χ4n) is 6.05. The number of likely N-dealkylation sites (tertiary alicyclic amines) is 1. The summed E-state index contributed by atoms with van der Waals surface area (Å²) >= 11 is 0. The minimum absolute atomic E-state index is 0.0196. The molecule has 0 N–H and O–H groups in total. The third kappa shape index (κ3) is 7.32. The van der Waals surface area contributed by atoms with E-state index in [0.717, 1.165) is 53.4 Å². The van der Waals surface area contributed by atoms with E-state index in [4.69, 9.17) is 4.98 Å². The Hall–Kier alpha value is -4.88. The van der Waals surface area contributed by atoms with Gasteiger partial charge in [0.25, 0.3) is 5.91 Å². The Balaban J connectivity index is 1.13. The van der Waals surface area contributed by atoms with Gasteiger partial charge in [-0.15, -0.1) is 0 Å². The second-order valence-corrected chi connectivity index (χ2v) is 12.0. The number of aryl methyl sites for hydroxylation is 2. The van der Waals surface area contributed by atoms with Crippen molar-refractivity contribution in [1.82, 2.24) is 29.3 Å². The molecule has 1 aliphatic rings. The van der Waals surface area contributed by atoms with Crippen molar-refractivity contribution in [3.63, 3.8) is 0 Å². The van der Waals surface area contributed by atoms with E-state index < -0.39 is 0 Å². The van der Waals surface area contributed by atoms with E-state index in [1.54, 1.807) is 17.3 Å². The fourth-order valence-corrected chi connectivity index (χ4v) is 6.05. The van der Waals surface area contributed by atoms with Crippen molar-refractivity contribution in [2.24, 2.45) is 0 Å². The summed E-state index contributed by atoms with van der Waals surface area (Å²) < 4.78 is 2.17. The number of allylic oxidation sites excluding steroid dienone is 1. The van der Waals surface area contributed by atoms with Gasteiger partial charge in [-0.1, -0.05) is 60.2 Å². The zero-order valence-corrected chi connectivity index (χ0v) is 27.1. The van der Waals surface area contributed by atoms with Crippen molar-refractivity contribution in [3.05, 3.63) is 143 Å². The van der Waals surface area contributed by atoms with Crippen LogP contribution in [0, 0.1) is 13.8 Å². The number of carbonyl (C=O) groups excluding carboxylic acids is 1. The van der Waals surface area contributed by atoms with Crippen LogP contribution in [0.1, 0.15) is 64.0 Å². The van der Waals surface area contributed by atoms with Gasteiger partial charge in [-0.25, -0.2) is 4.98 Å². The topological polar surface area (TPSA) is 67.2 Å². The second kappa shape index (κ2) is 14.5. The highest BCUT2D eigenvalue weighted by Crippen LogP contribution is 2.24. The summed E-state index contributed by atoms with van der Waals surface area (Å²) in [6.45, 7) is 10.6. The van der Waals surface area contributed by atoms with Gasteiger partial charge >= 0.3 is 0 Å². The molecule has 5 aromatic rings. The first-order valence-electron chi connectivity index (χ1n) is 16.3. The molecule has 4 heterocycles. The number of benzene rings is 2. The zero-order chi connectivity index (χ0) is 31.9. The first-order valence-corrected chi connectivity index (χ1v) is 16.3. The van der Waals surface area contributed by atoms with Crippen molar-refractivity contribution < 1.29 is 4.79 Å². The van der Waals surface area contributed by atoms with Crippen LogP contribution in [0.25, 0.3) is 16.6 Å². The molecule has 0 aliphatic carbocycles. The van der Waals surface area contributed by atoms with Crippen molar-refractivity contribution in [2.45, 2.75) is 46.6 Å². The minimum Gasteiger partial charge on any atom is -0.324 e. The highest BCUT2D eigenvalue weighted by atomic mass is 16.2. The van der Waals surface area contributed by atoms with Gasteiger partial charge < -0.3 is 9.47 Å². The molecule has 1 amide bonds. The molecule has 2 aromatic carbocycles. The molecule has 7 heteroatoms. The van der Waals surface area contributed by atoms with Gasteiger partial charge in [0.1, 0.15) is 11.3 Å². The lowest BCUT2D eigenvalue weighted by molar-refractivity contribution is 0.0828. The summed E-state index contributed by atoms with van der Waals surface area (Å²) in [5.41, 5.74) is 9.27. The first kappa shape index (κ1) is 31.1. The molecule has 46 heavy (non-hydrogen) atoms. The average Bonchev–Trinajstić information content (AvgIpc) is 3.72. The maximum Gasteiger partial charge on any atom is 0.257 e. The Labute approximate surface area is 271 Å². The van der Waals surface area contributed by atoms with Crippen molar-refractivity contribution in [2.75, 3.05) is 26.2 Å². The van der Waals surface area contributed by atoms with Gasteiger partial charge in [0.05, 0.1) is 17.4 Å². The van der Waals surface area contributed by atoms with Crippen LogP contribution in [0.5, 0.6) is 0 Å². The van der Waals surface area contributed by atoms with Crippen molar-refractivity contribution in [3.8, 4) is 0 Å². The maximum atomic E-state index is 13.4. The van der Waals surface area contributed by atoms with Crippen LogP contribution < -0.4 is 0 Å². The van der Waals surface area contributed by atoms with Crippen LogP contribution in [0.3, 0.4) is 0 Å². The zero-order valence-electron chi connectivity index (χ0n) is 27.1. The molecule has 3 aromatic heterocycles. The quantitative estimate of drug-likeness (QED) is 0.158. The number of carbonyl (C=O) groups is 1. The molecule has 0 saturated carbocycles. The molecular weight excluding hydrogens is 568 g/mol. The van der Waals surface area contributed by atoms with E-state index in [9.17, 15) is 4.79 Å². The molecule has 0 unspecified atom stereocenters. The molecule has 6 rings (SSSR count). The molecule has 1 aliphatic heterocycles. The number of imidazole rings is 1. The standard InChI is InChI=1S/C39H42N6O/c1-4-44(39(46)33-18-14-31(15-19-33)28-45-30(3)41-37-27-40-22-20-38(37)45)25-8-10-34-9-7-11-36(42-34)35(21-26-43-23-5-6-24-43)32-16-12-29(2)13-17-32/h7-9,11-22,25,27H,4-6,10,23-24,26,28H2,1-3H3. The summed E-state index contributed by atoms with van der Waals surface area (Å²) in [6, 6.07) is 24.8. The van der Waals surface area contributed by atoms with Gasteiger partial charge in [0.2, 0.25) is 0 Å². The van der Waals surface area contributed by atoms with Gasteiger partial charge in [-0.05, 0) is 88.2 Å². The number of hydrogen-bond acceptors (Lipinski definition) is 5. The van der Waals surface area contributed by atoms with Crippen molar-refractivity contribution >= 4 is 22.5 Å². The Morgan fingerprint density at radius 3 is 2.43 bits per heavy atom. The molecule has 0 bridgehead atoms. The third-order valence-corrected chi connectivity index (χ3v) is 8.69. The lowest BCUT2D eigenvalue weighted by Gasteiger charge is -2.17. The number of hydrogen-bond donors (Lipinski definition) is 0. The highest BCUT2D eigenvalue weighted by molar-refractivity contribution is 5.94. The molecule has 1 fully saturated rings. The van der Waals surface area contributed by atoms with Gasteiger partial charge in [0, 0.05) is 55.3 Å². The Bertz CT molecular complexity index is 1850. The lowest BCUT2D eigenvalue weighted by atomic mass is 10.00. The van der Waals surface area contributed by atoms with E-state index >= 15 is 0 Å². The fraction of sp³-hybridized carbons (Fsp3) is 0.282. The average molecular weight is 611 g/mol. The van der Waals surface area contributed by atoms with Crippen LogP contribution >= 0.6 is 0 Å². The predicted molar refractivity (Wildman–Crippen MR) is 186 cm³/mol. The van der Waals surface area contributed by atoms with Gasteiger partial charge in [-0.2, -0.15) is 0 Å². The number of rotatable bonds is 11. The predicted octanol–water partition coefficient (Wildman–Crippen LogP) is 7.24. The summed E-state index contributed by atoms with van der Waals surface area (Å²) in [4.78, 5) is 31.5. The molecule has 0 radical (unpaired) electrons. The largest absolute Gasteiger partial charge is 0.324 e. The number of pyridine rings is 2. The van der Waals surface area contributed by atoms with Crippen molar-refractivity contribution in [1.29, 1.82) is 0 Å². The second-order valence-electron chi connectivity index (χ2n) is 12.0. The number of amides is 1. The van der Waals surface area contributed by atoms with E-state index in [-0.39, 0.29) is 5.91 Å².